The van der Waals surface area contributed by atoms with Gasteiger partial charge in [-0.15, -0.1) is 0 Å². The standard InChI is InChI=1S/C16H22N6O3/c1-11(10-25-20-7-12(2)24-4)22-13(3)15(9-19-22)16(23)21-14-5-6-17-18-8-14/h5-9,11-12H,10H2,1-4H3,(H,17,21,23)/b20-7+. The zero-order valence-corrected chi connectivity index (χ0v) is 14.7. The summed E-state index contributed by atoms with van der Waals surface area (Å²) in [6.07, 6.45) is 5.99. The summed E-state index contributed by atoms with van der Waals surface area (Å²) in [5, 5.41) is 18.3. The van der Waals surface area contributed by atoms with Gasteiger partial charge in [0, 0.05) is 12.8 Å². The van der Waals surface area contributed by atoms with Crippen molar-refractivity contribution < 1.29 is 14.4 Å². The van der Waals surface area contributed by atoms with Gasteiger partial charge in [0.2, 0.25) is 0 Å². The molecule has 2 unspecified atom stereocenters. The Labute approximate surface area is 146 Å². The molecule has 2 aromatic heterocycles. The van der Waals surface area contributed by atoms with Crippen molar-refractivity contribution in [1.29, 1.82) is 0 Å². The highest BCUT2D eigenvalue weighted by atomic mass is 16.6. The molecule has 9 nitrogen and oxygen atoms in total. The van der Waals surface area contributed by atoms with Crippen LogP contribution in [-0.4, -0.2) is 51.9 Å². The molecule has 1 amide bonds. The summed E-state index contributed by atoms with van der Waals surface area (Å²) in [5.41, 5.74) is 1.80. The van der Waals surface area contributed by atoms with E-state index in [0.717, 1.165) is 5.69 Å². The van der Waals surface area contributed by atoms with E-state index in [1.165, 1.54) is 18.6 Å². The van der Waals surface area contributed by atoms with Gasteiger partial charge in [-0.1, -0.05) is 5.16 Å². The predicted molar refractivity (Wildman–Crippen MR) is 92.6 cm³/mol. The van der Waals surface area contributed by atoms with Crippen LogP contribution >= 0.6 is 0 Å². The van der Waals surface area contributed by atoms with Gasteiger partial charge in [0.25, 0.3) is 5.91 Å². The van der Waals surface area contributed by atoms with E-state index in [1.807, 2.05) is 20.8 Å². The molecule has 0 fully saturated rings. The lowest BCUT2D eigenvalue weighted by Gasteiger charge is -2.13. The first-order chi connectivity index (χ1) is 12.0. The van der Waals surface area contributed by atoms with Crippen LogP contribution in [0.1, 0.15) is 35.9 Å². The van der Waals surface area contributed by atoms with Crippen molar-refractivity contribution in [3.8, 4) is 0 Å². The van der Waals surface area contributed by atoms with Crippen LogP contribution in [0, 0.1) is 6.92 Å². The molecule has 0 saturated heterocycles. The fraction of sp³-hybridized carbons (Fsp3) is 0.438. The fourth-order valence-corrected chi connectivity index (χ4v) is 2.06. The summed E-state index contributed by atoms with van der Waals surface area (Å²) < 4.78 is 6.77. The molecule has 0 bridgehead atoms. The smallest absolute Gasteiger partial charge is 0.259 e. The number of carbonyl (C=O) groups excluding carboxylic acids is 1. The first kappa shape index (κ1) is 18.5. The molecule has 2 rings (SSSR count). The summed E-state index contributed by atoms with van der Waals surface area (Å²) in [6.45, 7) is 5.95. The summed E-state index contributed by atoms with van der Waals surface area (Å²) >= 11 is 0. The Morgan fingerprint density at radius 3 is 2.88 bits per heavy atom. The molecule has 25 heavy (non-hydrogen) atoms. The number of nitrogens with zero attached hydrogens (tertiary/aromatic N) is 5. The Bertz CT molecular complexity index is 716. The lowest BCUT2D eigenvalue weighted by molar-refractivity contribution is 0.102. The van der Waals surface area contributed by atoms with E-state index in [2.05, 4.69) is 25.8 Å². The lowest BCUT2D eigenvalue weighted by Crippen LogP contribution is -2.17. The normalized spacial score (nSPS) is 13.6. The molecular weight excluding hydrogens is 324 g/mol. The van der Waals surface area contributed by atoms with E-state index < -0.39 is 0 Å². The molecule has 1 N–H and O–H groups in total. The van der Waals surface area contributed by atoms with Crippen LogP contribution in [0.25, 0.3) is 0 Å². The van der Waals surface area contributed by atoms with Crippen LogP contribution in [0.5, 0.6) is 0 Å². The number of hydrogen-bond acceptors (Lipinski definition) is 7. The van der Waals surface area contributed by atoms with Crippen molar-refractivity contribution in [2.75, 3.05) is 19.0 Å². The number of methoxy groups -OCH3 is 1. The topological polar surface area (TPSA) is 104 Å². The molecule has 0 aliphatic carbocycles. The number of amides is 1. The Balaban J connectivity index is 1.97. The third-order valence-electron chi connectivity index (χ3n) is 3.58. The van der Waals surface area contributed by atoms with Gasteiger partial charge in [0.15, 0.2) is 0 Å². The molecule has 134 valence electrons. The summed E-state index contributed by atoms with van der Waals surface area (Å²) in [7, 11) is 1.60. The number of ether oxygens (including phenoxy) is 1. The zero-order chi connectivity index (χ0) is 18.2. The van der Waals surface area contributed by atoms with Crippen LogP contribution in [0.2, 0.25) is 0 Å². The molecule has 0 radical (unpaired) electrons. The average Bonchev–Trinajstić information content (AvgIpc) is 3.00. The summed E-state index contributed by atoms with van der Waals surface area (Å²) in [6, 6.07) is 1.58. The lowest BCUT2D eigenvalue weighted by atomic mass is 10.2. The molecule has 2 heterocycles. The van der Waals surface area contributed by atoms with Crippen molar-refractivity contribution in [1.82, 2.24) is 20.0 Å². The van der Waals surface area contributed by atoms with Crippen LogP contribution in [0.3, 0.4) is 0 Å². The van der Waals surface area contributed by atoms with Crippen LogP contribution < -0.4 is 5.32 Å². The van der Waals surface area contributed by atoms with Crippen molar-refractivity contribution >= 4 is 17.8 Å². The quantitative estimate of drug-likeness (QED) is 0.578. The average molecular weight is 346 g/mol. The maximum Gasteiger partial charge on any atom is 0.259 e. The highest BCUT2D eigenvalue weighted by Crippen LogP contribution is 2.15. The third-order valence-corrected chi connectivity index (χ3v) is 3.58. The van der Waals surface area contributed by atoms with E-state index >= 15 is 0 Å². The van der Waals surface area contributed by atoms with E-state index in [0.29, 0.717) is 17.9 Å². The van der Waals surface area contributed by atoms with Crippen LogP contribution in [-0.2, 0) is 9.57 Å². The van der Waals surface area contributed by atoms with Gasteiger partial charge in [-0.25, -0.2) is 0 Å². The van der Waals surface area contributed by atoms with Crippen LogP contribution in [0.4, 0.5) is 5.69 Å². The van der Waals surface area contributed by atoms with Gasteiger partial charge in [0.05, 0.1) is 48.2 Å². The molecule has 9 heteroatoms. The maximum atomic E-state index is 12.4. The number of hydrogen-bond donors (Lipinski definition) is 1. The molecular formula is C16H22N6O3. The Morgan fingerprint density at radius 1 is 1.40 bits per heavy atom. The van der Waals surface area contributed by atoms with Gasteiger partial charge >= 0.3 is 0 Å². The summed E-state index contributed by atoms with van der Waals surface area (Å²) in [4.78, 5) is 17.6. The minimum Gasteiger partial charge on any atom is -0.394 e. The monoisotopic (exact) mass is 346 g/mol. The minimum absolute atomic E-state index is 0.0841. The molecule has 0 saturated carbocycles. The van der Waals surface area contributed by atoms with Crippen molar-refractivity contribution in [3.05, 3.63) is 35.9 Å². The molecule has 2 aromatic rings. The van der Waals surface area contributed by atoms with Gasteiger partial charge in [-0.3, -0.25) is 9.48 Å². The predicted octanol–water partition coefficient (Wildman–Crippen LogP) is 1.83. The summed E-state index contributed by atoms with van der Waals surface area (Å²) in [5.74, 6) is -0.253. The number of aromatic nitrogens is 4. The van der Waals surface area contributed by atoms with Crippen LogP contribution in [0.15, 0.2) is 29.8 Å². The highest BCUT2D eigenvalue weighted by molar-refractivity contribution is 6.04. The number of oxime groups is 1. The van der Waals surface area contributed by atoms with Gasteiger partial charge in [-0.05, 0) is 26.8 Å². The molecule has 2 atom stereocenters. The number of rotatable bonds is 8. The van der Waals surface area contributed by atoms with E-state index in [1.54, 1.807) is 24.1 Å². The molecule has 0 spiro atoms. The van der Waals surface area contributed by atoms with Crippen molar-refractivity contribution in [3.63, 3.8) is 0 Å². The maximum absolute atomic E-state index is 12.4. The second-order valence-electron chi connectivity index (χ2n) is 5.51. The first-order valence-corrected chi connectivity index (χ1v) is 7.83. The number of anilines is 1. The molecule has 0 aromatic carbocycles. The van der Waals surface area contributed by atoms with E-state index in [-0.39, 0.29) is 18.1 Å². The Morgan fingerprint density at radius 2 is 2.20 bits per heavy atom. The minimum atomic E-state index is -0.253. The largest absolute Gasteiger partial charge is 0.394 e. The first-order valence-electron chi connectivity index (χ1n) is 7.83. The van der Waals surface area contributed by atoms with Crippen molar-refractivity contribution in [2.24, 2.45) is 5.16 Å². The third kappa shape index (κ3) is 5.08. The number of nitrogens with one attached hydrogen (secondary N) is 1. The molecule has 0 aliphatic rings. The van der Waals surface area contributed by atoms with E-state index in [4.69, 9.17) is 9.57 Å². The second-order valence-corrected chi connectivity index (χ2v) is 5.51. The Hall–Kier alpha value is -2.81. The molecule has 0 aliphatic heterocycles. The van der Waals surface area contributed by atoms with Gasteiger partial charge < -0.3 is 14.9 Å². The van der Waals surface area contributed by atoms with E-state index in [9.17, 15) is 4.79 Å². The highest BCUT2D eigenvalue weighted by Gasteiger charge is 2.18. The fourth-order valence-electron chi connectivity index (χ4n) is 2.06. The zero-order valence-electron chi connectivity index (χ0n) is 14.7. The van der Waals surface area contributed by atoms with Gasteiger partial charge in [-0.2, -0.15) is 15.3 Å². The van der Waals surface area contributed by atoms with Gasteiger partial charge in [0.1, 0.15) is 6.61 Å². The number of carbonyl (C=O) groups is 1. The Kier molecular flexibility index (Phi) is 6.58. The SMILES string of the molecule is COC(C)/C=N/OCC(C)n1ncc(C(=O)Nc2ccnnc2)c1C. The second kappa shape index (κ2) is 8.88. The van der Waals surface area contributed by atoms with Crippen molar-refractivity contribution in [2.45, 2.75) is 32.9 Å².